The van der Waals surface area contributed by atoms with Crippen molar-refractivity contribution >= 4 is 10.9 Å². The summed E-state index contributed by atoms with van der Waals surface area (Å²) >= 11 is 0. The molecule has 78 valence electrons. The Morgan fingerprint density at radius 3 is 2.75 bits per heavy atom. The van der Waals surface area contributed by atoms with E-state index < -0.39 is 0 Å². The minimum atomic E-state index is -0.253. The SMILES string of the molecule is N#CC1(c2cnc3ccccc3c2)CCC1. The zero-order valence-corrected chi connectivity index (χ0v) is 8.98. The molecule has 0 amide bonds. The topological polar surface area (TPSA) is 36.7 Å². The van der Waals surface area contributed by atoms with Gasteiger partial charge in [-0.25, -0.2) is 0 Å². The van der Waals surface area contributed by atoms with Gasteiger partial charge in [-0.1, -0.05) is 18.2 Å². The Kier molecular flexibility index (Phi) is 1.94. The van der Waals surface area contributed by atoms with Crippen molar-refractivity contribution in [2.24, 2.45) is 0 Å². The maximum absolute atomic E-state index is 9.28. The molecule has 0 radical (unpaired) electrons. The Morgan fingerprint density at radius 1 is 1.25 bits per heavy atom. The molecule has 0 spiro atoms. The molecule has 0 atom stereocenters. The second-order valence-electron chi connectivity index (χ2n) is 4.46. The van der Waals surface area contributed by atoms with E-state index >= 15 is 0 Å². The summed E-state index contributed by atoms with van der Waals surface area (Å²) in [6, 6.07) is 12.6. The molecule has 1 heterocycles. The average molecular weight is 208 g/mol. The molecule has 1 aliphatic rings. The van der Waals surface area contributed by atoms with Crippen LogP contribution in [0.1, 0.15) is 24.8 Å². The summed E-state index contributed by atoms with van der Waals surface area (Å²) < 4.78 is 0. The summed E-state index contributed by atoms with van der Waals surface area (Å²) in [5, 5.41) is 10.4. The highest BCUT2D eigenvalue weighted by Crippen LogP contribution is 2.43. The summed E-state index contributed by atoms with van der Waals surface area (Å²) in [6.07, 6.45) is 4.97. The summed E-state index contributed by atoms with van der Waals surface area (Å²) in [7, 11) is 0. The van der Waals surface area contributed by atoms with Crippen LogP contribution in [-0.4, -0.2) is 4.98 Å². The van der Waals surface area contributed by atoms with Gasteiger partial charge < -0.3 is 0 Å². The predicted octanol–water partition coefficient (Wildman–Crippen LogP) is 3.18. The summed E-state index contributed by atoms with van der Waals surface area (Å²) in [5.41, 5.74) is 1.83. The number of aromatic nitrogens is 1. The smallest absolute Gasteiger partial charge is 0.0837 e. The van der Waals surface area contributed by atoms with Crippen molar-refractivity contribution in [3.05, 3.63) is 42.1 Å². The number of pyridine rings is 1. The summed E-state index contributed by atoms with van der Waals surface area (Å²) in [5.74, 6) is 0. The maximum Gasteiger partial charge on any atom is 0.0837 e. The molecular weight excluding hydrogens is 196 g/mol. The molecule has 1 aromatic carbocycles. The molecular formula is C14H12N2. The number of benzene rings is 1. The maximum atomic E-state index is 9.28. The quantitative estimate of drug-likeness (QED) is 0.721. The Bertz CT molecular complexity index is 577. The Balaban J connectivity index is 2.16. The van der Waals surface area contributed by atoms with E-state index in [1.807, 2.05) is 24.4 Å². The van der Waals surface area contributed by atoms with Crippen LogP contribution in [0.3, 0.4) is 0 Å². The van der Waals surface area contributed by atoms with Crippen molar-refractivity contribution < 1.29 is 0 Å². The van der Waals surface area contributed by atoms with Crippen LogP contribution in [0, 0.1) is 11.3 Å². The molecule has 2 heteroatoms. The number of nitrogens with zero attached hydrogens (tertiary/aromatic N) is 2. The molecule has 16 heavy (non-hydrogen) atoms. The standard InChI is InChI=1S/C14H12N2/c15-10-14(6-3-7-14)12-8-11-4-1-2-5-13(11)16-9-12/h1-2,4-5,8-9H,3,6-7H2. The molecule has 0 saturated heterocycles. The van der Waals surface area contributed by atoms with Gasteiger partial charge in [-0.3, -0.25) is 4.98 Å². The predicted molar refractivity (Wildman–Crippen MR) is 62.9 cm³/mol. The van der Waals surface area contributed by atoms with E-state index in [2.05, 4.69) is 23.2 Å². The number of nitriles is 1. The third-order valence-corrected chi connectivity index (χ3v) is 3.56. The van der Waals surface area contributed by atoms with Crippen molar-refractivity contribution in [3.8, 4) is 6.07 Å². The van der Waals surface area contributed by atoms with Crippen LogP contribution in [-0.2, 0) is 5.41 Å². The number of fused-ring (bicyclic) bond motifs is 1. The van der Waals surface area contributed by atoms with Gasteiger partial charge in [0.15, 0.2) is 0 Å². The normalized spacial score (nSPS) is 17.7. The van der Waals surface area contributed by atoms with E-state index in [1.54, 1.807) is 0 Å². The van der Waals surface area contributed by atoms with Crippen molar-refractivity contribution in [1.82, 2.24) is 4.98 Å². The van der Waals surface area contributed by atoms with Crippen LogP contribution in [0.5, 0.6) is 0 Å². The van der Waals surface area contributed by atoms with Crippen molar-refractivity contribution in [1.29, 1.82) is 5.26 Å². The second kappa shape index (κ2) is 3.31. The molecule has 0 bridgehead atoms. The zero-order valence-electron chi connectivity index (χ0n) is 8.98. The highest BCUT2D eigenvalue weighted by Gasteiger charge is 2.39. The third kappa shape index (κ3) is 1.22. The molecule has 0 unspecified atom stereocenters. The van der Waals surface area contributed by atoms with Crippen LogP contribution in [0.25, 0.3) is 10.9 Å². The summed E-state index contributed by atoms with van der Waals surface area (Å²) in [4.78, 5) is 4.43. The fourth-order valence-electron chi connectivity index (χ4n) is 2.33. The van der Waals surface area contributed by atoms with Gasteiger partial charge in [-0.15, -0.1) is 0 Å². The van der Waals surface area contributed by atoms with Crippen LogP contribution in [0.4, 0.5) is 0 Å². The van der Waals surface area contributed by atoms with Gasteiger partial charge in [-0.2, -0.15) is 5.26 Å². The van der Waals surface area contributed by atoms with Gasteiger partial charge >= 0.3 is 0 Å². The van der Waals surface area contributed by atoms with Crippen LogP contribution >= 0.6 is 0 Å². The lowest BCUT2D eigenvalue weighted by Gasteiger charge is -2.35. The molecule has 1 aromatic heterocycles. The van der Waals surface area contributed by atoms with Gasteiger partial charge in [0.2, 0.25) is 0 Å². The molecule has 1 fully saturated rings. The molecule has 3 rings (SSSR count). The highest BCUT2D eigenvalue weighted by atomic mass is 14.7. The zero-order chi connectivity index (χ0) is 11.0. The lowest BCUT2D eigenvalue weighted by Crippen LogP contribution is -2.32. The number of rotatable bonds is 1. The Morgan fingerprint density at radius 2 is 2.06 bits per heavy atom. The third-order valence-electron chi connectivity index (χ3n) is 3.56. The van der Waals surface area contributed by atoms with Crippen molar-refractivity contribution in [3.63, 3.8) is 0 Å². The first-order chi connectivity index (χ1) is 7.84. The molecule has 2 nitrogen and oxygen atoms in total. The number of hydrogen-bond donors (Lipinski definition) is 0. The van der Waals surface area contributed by atoms with Crippen molar-refractivity contribution in [2.75, 3.05) is 0 Å². The largest absolute Gasteiger partial charge is 0.256 e. The monoisotopic (exact) mass is 208 g/mol. The van der Waals surface area contributed by atoms with E-state index in [-0.39, 0.29) is 5.41 Å². The lowest BCUT2D eigenvalue weighted by atomic mass is 9.66. The minimum absolute atomic E-state index is 0.253. The first-order valence-corrected chi connectivity index (χ1v) is 5.61. The molecule has 0 aliphatic heterocycles. The molecule has 2 aromatic rings. The van der Waals surface area contributed by atoms with Gasteiger partial charge in [0.1, 0.15) is 0 Å². The molecule has 1 saturated carbocycles. The van der Waals surface area contributed by atoms with E-state index in [0.29, 0.717) is 0 Å². The first kappa shape index (κ1) is 9.35. The van der Waals surface area contributed by atoms with E-state index in [0.717, 1.165) is 35.7 Å². The first-order valence-electron chi connectivity index (χ1n) is 5.61. The van der Waals surface area contributed by atoms with E-state index in [4.69, 9.17) is 0 Å². The second-order valence-corrected chi connectivity index (χ2v) is 4.46. The van der Waals surface area contributed by atoms with Gasteiger partial charge in [0, 0.05) is 11.6 Å². The number of hydrogen-bond acceptors (Lipinski definition) is 2. The molecule has 1 aliphatic carbocycles. The van der Waals surface area contributed by atoms with E-state index in [1.165, 1.54) is 0 Å². The minimum Gasteiger partial charge on any atom is -0.256 e. The summed E-state index contributed by atoms with van der Waals surface area (Å²) in [6.45, 7) is 0. The van der Waals surface area contributed by atoms with Crippen LogP contribution in [0.15, 0.2) is 36.5 Å². The van der Waals surface area contributed by atoms with Gasteiger partial charge in [0.05, 0.1) is 17.0 Å². The van der Waals surface area contributed by atoms with Crippen LogP contribution < -0.4 is 0 Å². The Labute approximate surface area is 94.5 Å². The fourth-order valence-corrected chi connectivity index (χ4v) is 2.33. The fraction of sp³-hybridized carbons (Fsp3) is 0.286. The highest BCUT2D eigenvalue weighted by molar-refractivity contribution is 5.79. The lowest BCUT2D eigenvalue weighted by molar-refractivity contribution is 0.323. The molecule has 0 N–H and O–H groups in total. The van der Waals surface area contributed by atoms with E-state index in [9.17, 15) is 5.26 Å². The van der Waals surface area contributed by atoms with Gasteiger partial charge in [0.25, 0.3) is 0 Å². The number of para-hydroxylation sites is 1. The average Bonchev–Trinajstić information content (AvgIpc) is 2.28. The Hall–Kier alpha value is -1.88. The van der Waals surface area contributed by atoms with Crippen LogP contribution in [0.2, 0.25) is 0 Å². The van der Waals surface area contributed by atoms with Gasteiger partial charge in [-0.05, 0) is 37.0 Å². The van der Waals surface area contributed by atoms with Crippen molar-refractivity contribution in [2.45, 2.75) is 24.7 Å².